The van der Waals surface area contributed by atoms with Gasteiger partial charge in [-0.2, -0.15) is 13.2 Å². The molecule has 0 saturated carbocycles. The Bertz CT molecular complexity index is 1320. The van der Waals surface area contributed by atoms with E-state index in [1.807, 2.05) is 37.3 Å². The van der Waals surface area contributed by atoms with Crippen molar-refractivity contribution in [3.63, 3.8) is 0 Å². The highest BCUT2D eigenvalue weighted by molar-refractivity contribution is 5.95. The first-order valence-corrected chi connectivity index (χ1v) is 13.0. The highest BCUT2D eigenvalue weighted by Crippen LogP contribution is 2.33. The molecule has 2 N–H and O–H groups in total. The molecule has 2 aromatic carbocycles. The summed E-state index contributed by atoms with van der Waals surface area (Å²) in [5, 5.41) is 12.9. The molecule has 0 spiro atoms. The third-order valence-electron chi connectivity index (χ3n) is 7.17. The Hall–Kier alpha value is -3.88. The second-order valence-electron chi connectivity index (χ2n) is 10.4. The standard InChI is InChI=1S/C30H32F3N3O3/c1-18(2)27(25-12-8-21(15-19(25)3)26-13-9-23(16-34-26)30(31,32)33)35-24-10-6-20(7-11-24)28(37)36-14-4-5-22(17-36)29(38)39/h6-13,15-16,18,22,27,35H,4-5,14,17H2,1-3H3,(H,38,39)/t22-,27?/m1/s1. The van der Waals surface area contributed by atoms with Crippen LogP contribution in [0.15, 0.2) is 60.8 Å². The van der Waals surface area contributed by atoms with E-state index in [0.717, 1.165) is 34.6 Å². The lowest BCUT2D eigenvalue weighted by Crippen LogP contribution is -2.42. The van der Waals surface area contributed by atoms with E-state index in [2.05, 4.69) is 24.1 Å². The number of pyridine rings is 1. The Morgan fingerprint density at radius 1 is 1.08 bits per heavy atom. The molecule has 1 amide bonds. The summed E-state index contributed by atoms with van der Waals surface area (Å²) in [4.78, 5) is 29.9. The fourth-order valence-corrected chi connectivity index (χ4v) is 4.95. The first kappa shape index (κ1) is 28.1. The van der Waals surface area contributed by atoms with Gasteiger partial charge in [-0.3, -0.25) is 14.6 Å². The van der Waals surface area contributed by atoms with Crippen LogP contribution in [0.25, 0.3) is 11.3 Å². The normalized spacial score (nSPS) is 16.7. The van der Waals surface area contributed by atoms with E-state index >= 15 is 0 Å². The molecular weight excluding hydrogens is 507 g/mol. The molecule has 2 heterocycles. The number of carbonyl (C=O) groups excluding carboxylic acids is 1. The zero-order chi connectivity index (χ0) is 28.3. The number of hydrogen-bond acceptors (Lipinski definition) is 4. The fraction of sp³-hybridized carbons (Fsp3) is 0.367. The second kappa shape index (κ2) is 11.5. The molecule has 1 unspecified atom stereocenters. The van der Waals surface area contributed by atoms with Gasteiger partial charge in [0.15, 0.2) is 0 Å². The van der Waals surface area contributed by atoms with Crippen LogP contribution >= 0.6 is 0 Å². The maximum atomic E-state index is 12.9. The number of likely N-dealkylation sites (tertiary alicyclic amines) is 1. The Morgan fingerprint density at radius 2 is 1.79 bits per heavy atom. The Balaban J connectivity index is 1.48. The van der Waals surface area contributed by atoms with Crippen molar-refractivity contribution >= 4 is 17.6 Å². The molecular formula is C30H32F3N3O3. The van der Waals surface area contributed by atoms with Gasteiger partial charge in [0.2, 0.25) is 0 Å². The number of anilines is 1. The van der Waals surface area contributed by atoms with Gasteiger partial charge in [0.1, 0.15) is 0 Å². The lowest BCUT2D eigenvalue weighted by atomic mass is 9.90. The number of aromatic nitrogens is 1. The summed E-state index contributed by atoms with van der Waals surface area (Å²) in [7, 11) is 0. The number of piperidine rings is 1. The Morgan fingerprint density at radius 3 is 2.36 bits per heavy atom. The maximum absolute atomic E-state index is 12.9. The molecule has 0 radical (unpaired) electrons. The van der Waals surface area contributed by atoms with E-state index in [4.69, 9.17) is 0 Å². The number of benzene rings is 2. The lowest BCUT2D eigenvalue weighted by Gasteiger charge is -2.31. The summed E-state index contributed by atoms with van der Waals surface area (Å²) in [5.74, 6) is -1.36. The quantitative estimate of drug-likeness (QED) is 0.344. The van der Waals surface area contributed by atoms with Crippen molar-refractivity contribution in [2.75, 3.05) is 18.4 Å². The highest BCUT2D eigenvalue weighted by atomic mass is 19.4. The molecule has 206 valence electrons. The largest absolute Gasteiger partial charge is 0.481 e. The van der Waals surface area contributed by atoms with E-state index in [1.54, 1.807) is 17.0 Å². The zero-order valence-electron chi connectivity index (χ0n) is 22.1. The molecule has 1 saturated heterocycles. The molecule has 1 aromatic heterocycles. The summed E-state index contributed by atoms with van der Waals surface area (Å²) < 4.78 is 38.7. The van der Waals surface area contributed by atoms with Crippen LogP contribution in [0.4, 0.5) is 18.9 Å². The summed E-state index contributed by atoms with van der Waals surface area (Å²) >= 11 is 0. The van der Waals surface area contributed by atoms with Crippen LogP contribution < -0.4 is 5.32 Å². The number of halogens is 3. The monoisotopic (exact) mass is 539 g/mol. The number of alkyl halides is 3. The van der Waals surface area contributed by atoms with Crippen LogP contribution in [-0.2, 0) is 11.0 Å². The minimum atomic E-state index is -4.43. The molecule has 1 aliphatic heterocycles. The number of rotatable bonds is 7. The van der Waals surface area contributed by atoms with Gasteiger partial charge in [-0.1, -0.05) is 26.0 Å². The molecule has 1 fully saturated rings. The predicted molar refractivity (Wildman–Crippen MR) is 143 cm³/mol. The first-order valence-electron chi connectivity index (χ1n) is 13.0. The Labute approximate surface area is 225 Å². The van der Waals surface area contributed by atoms with Gasteiger partial charge < -0.3 is 15.3 Å². The van der Waals surface area contributed by atoms with E-state index < -0.39 is 23.6 Å². The van der Waals surface area contributed by atoms with Gasteiger partial charge in [0, 0.05) is 36.1 Å². The van der Waals surface area contributed by atoms with Gasteiger partial charge >= 0.3 is 12.1 Å². The van der Waals surface area contributed by atoms with E-state index in [0.29, 0.717) is 30.6 Å². The molecule has 0 aliphatic carbocycles. The van der Waals surface area contributed by atoms with Crippen LogP contribution in [0.2, 0.25) is 0 Å². The maximum Gasteiger partial charge on any atom is 0.417 e. The number of nitrogens with zero attached hydrogens (tertiary/aromatic N) is 2. The van der Waals surface area contributed by atoms with Gasteiger partial charge in [-0.05, 0) is 79.3 Å². The molecule has 4 rings (SSSR count). The van der Waals surface area contributed by atoms with Gasteiger partial charge in [-0.25, -0.2) is 0 Å². The van der Waals surface area contributed by atoms with Gasteiger partial charge in [0.05, 0.1) is 23.2 Å². The van der Waals surface area contributed by atoms with Gasteiger partial charge in [0.25, 0.3) is 5.91 Å². The molecule has 3 aromatic rings. The number of aliphatic carboxylic acids is 1. The highest BCUT2D eigenvalue weighted by Gasteiger charge is 2.31. The summed E-state index contributed by atoms with van der Waals surface area (Å²) in [6.45, 7) is 6.92. The van der Waals surface area contributed by atoms with E-state index in [1.165, 1.54) is 6.07 Å². The second-order valence-corrected chi connectivity index (χ2v) is 10.4. The van der Waals surface area contributed by atoms with Crippen LogP contribution in [-0.4, -0.2) is 40.0 Å². The smallest absolute Gasteiger partial charge is 0.417 e. The van der Waals surface area contributed by atoms with E-state index in [-0.39, 0.29) is 24.4 Å². The molecule has 6 nitrogen and oxygen atoms in total. The van der Waals surface area contributed by atoms with Crippen LogP contribution in [0.5, 0.6) is 0 Å². The molecule has 0 bridgehead atoms. The van der Waals surface area contributed by atoms with Crippen molar-refractivity contribution in [1.29, 1.82) is 0 Å². The van der Waals surface area contributed by atoms with Crippen molar-refractivity contribution in [2.45, 2.75) is 45.8 Å². The Kier molecular flexibility index (Phi) is 8.28. The van der Waals surface area contributed by atoms with Crippen LogP contribution in [0, 0.1) is 18.8 Å². The van der Waals surface area contributed by atoms with Crippen molar-refractivity contribution in [1.82, 2.24) is 9.88 Å². The van der Waals surface area contributed by atoms with Crippen LogP contribution in [0.3, 0.4) is 0 Å². The number of aryl methyl sites for hydroxylation is 1. The van der Waals surface area contributed by atoms with Crippen molar-refractivity contribution in [3.8, 4) is 11.3 Å². The number of carbonyl (C=O) groups is 2. The van der Waals surface area contributed by atoms with Crippen molar-refractivity contribution in [3.05, 3.63) is 83.0 Å². The number of carboxylic acid groups (broad SMARTS) is 1. The minimum Gasteiger partial charge on any atom is -0.481 e. The minimum absolute atomic E-state index is 0.0559. The summed E-state index contributed by atoms with van der Waals surface area (Å²) in [6, 6.07) is 15.3. The molecule has 1 aliphatic rings. The number of hydrogen-bond donors (Lipinski definition) is 2. The fourth-order valence-electron chi connectivity index (χ4n) is 4.95. The lowest BCUT2D eigenvalue weighted by molar-refractivity contribution is -0.143. The zero-order valence-corrected chi connectivity index (χ0v) is 22.1. The van der Waals surface area contributed by atoms with Gasteiger partial charge in [-0.15, -0.1) is 0 Å². The van der Waals surface area contributed by atoms with Crippen LogP contribution in [0.1, 0.15) is 59.8 Å². The third-order valence-corrected chi connectivity index (χ3v) is 7.17. The number of carboxylic acids is 1. The SMILES string of the molecule is Cc1cc(-c2ccc(C(F)(F)F)cn2)ccc1C(Nc1ccc(C(=O)N2CCC[C@@H](C(=O)O)C2)cc1)C(C)C. The van der Waals surface area contributed by atoms with Crippen molar-refractivity contribution in [2.24, 2.45) is 11.8 Å². The summed E-state index contributed by atoms with van der Waals surface area (Å²) in [5.41, 5.74) is 3.79. The molecule has 2 atom stereocenters. The van der Waals surface area contributed by atoms with Crippen molar-refractivity contribution < 1.29 is 27.9 Å². The predicted octanol–water partition coefficient (Wildman–Crippen LogP) is 6.82. The molecule has 39 heavy (non-hydrogen) atoms. The summed E-state index contributed by atoms with van der Waals surface area (Å²) in [6.07, 6.45) is -2.32. The topological polar surface area (TPSA) is 82.5 Å². The number of nitrogens with one attached hydrogen (secondary N) is 1. The molecule has 9 heteroatoms. The third kappa shape index (κ3) is 6.58. The number of amides is 1. The average Bonchev–Trinajstić information content (AvgIpc) is 2.91. The van der Waals surface area contributed by atoms with E-state index in [9.17, 15) is 27.9 Å². The average molecular weight is 540 g/mol. The first-order chi connectivity index (χ1) is 18.4.